The molecule has 1 aromatic carbocycles. The highest BCUT2D eigenvalue weighted by atomic mass is 16.5. The van der Waals surface area contributed by atoms with Crippen molar-refractivity contribution in [2.45, 2.75) is 59.0 Å². The zero-order valence-electron chi connectivity index (χ0n) is 13.9. The van der Waals surface area contributed by atoms with Crippen LogP contribution in [0.25, 0.3) is 0 Å². The molecule has 1 aromatic rings. The van der Waals surface area contributed by atoms with Crippen molar-refractivity contribution in [1.82, 2.24) is 0 Å². The molecule has 0 bridgehead atoms. The third-order valence-corrected chi connectivity index (χ3v) is 4.22. The first kappa shape index (κ1) is 16.6. The predicted octanol–water partition coefficient (Wildman–Crippen LogP) is 3.93. The van der Waals surface area contributed by atoms with E-state index in [0.29, 0.717) is 6.61 Å². The quantitative estimate of drug-likeness (QED) is 0.565. The van der Waals surface area contributed by atoms with Crippen molar-refractivity contribution >= 4 is 5.97 Å². The van der Waals surface area contributed by atoms with Gasteiger partial charge in [-0.05, 0) is 56.2 Å². The highest BCUT2D eigenvalue weighted by molar-refractivity contribution is 5.74. The summed E-state index contributed by atoms with van der Waals surface area (Å²) >= 11 is 0. The van der Waals surface area contributed by atoms with Gasteiger partial charge in [0.05, 0.1) is 13.0 Å². The highest BCUT2D eigenvalue weighted by Crippen LogP contribution is 2.37. The zero-order valence-corrected chi connectivity index (χ0v) is 13.9. The van der Waals surface area contributed by atoms with E-state index >= 15 is 0 Å². The van der Waals surface area contributed by atoms with Crippen LogP contribution < -0.4 is 4.74 Å². The molecular formula is C19H26O3. The summed E-state index contributed by atoms with van der Waals surface area (Å²) in [5.74, 6) is 0.689. The third kappa shape index (κ3) is 3.52. The molecule has 0 radical (unpaired) electrons. The van der Waals surface area contributed by atoms with E-state index in [0.717, 1.165) is 37.0 Å². The first-order valence-electron chi connectivity index (χ1n) is 8.19. The summed E-state index contributed by atoms with van der Waals surface area (Å²) in [5, 5.41) is 0. The van der Waals surface area contributed by atoms with Gasteiger partial charge in [0.15, 0.2) is 0 Å². The third-order valence-electron chi connectivity index (χ3n) is 4.22. The standard InChI is InChI=1S/C19H26O3/c1-5-15(6-2)22-19-14(12-18(20)21-7-3)11-13(4)16-9-8-10-17(16)19/h5,11,15H,1,6-10,12H2,2-4H3. The first-order valence-corrected chi connectivity index (χ1v) is 8.19. The minimum Gasteiger partial charge on any atom is -0.486 e. The smallest absolute Gasteiger partial charge is 0.310 e. The largest absolute Gasteiger partial charge is 0.486 e. The fourth-order valence-corrected chi connectivity index (χ4v) is 3.13. The van der Waals surface area contributed by atoms with Gasteiger partial charge in [0.2, 0.25) is 0 Å². The van der Waals surface area contributed by atoms with Crippen LogP contribution in [0.3, 0.4) is 0 Å². The van der Waals surface area contributed by atoms with Gasteiger partial charge in [-0.15, -0.1) is 0 Å². The Balaban J connectivity index is 2.39. The Labute approximate surface area is 133 Å². The van der Waals surface area contributed by atoms with Crippen molar-refractivity contribution in [3.8, 4) is 5.75 Å². The van der Waals surface area contributed by atoms with Crippen molar-refractivity contribution in [3.05, 3.63) is 41.0 Å². The van der Waals surface area contributed by atoms with Crippen LogP contribution in [0.15, 0.2) is 18.7 Å². The molecule has 1 aliphatic rings. The van der Waals surface area contributed by atoms with Gasteiger partial charge in [0, 0.05) is 5.56 Å². The number of carbonyl (C=O) groups excluding carboxylic acids is 1. The molecule has 0 fully saturated rings. The van der Waals surface area contributed by atoms with Gasteiger partial charge >= 0.3 is 5.97 Å². The molecule has 0 heterocycles. The Morgan fingerprint density at radius 1 is 1.36 bits per heavy atom. The summed E-state index contributed by atoms with van der Waals surface area (Å²) in [6.45, 7) is 10.3. The molecule has 1 aliphatic carbocycles. The summed E-state index contributed by atoms with van der Waals surface area (Å²) < 4.78 is 11.3. The van der Waals surface area contributed by atoms with E-state index < -0.39 is 0 Å². The summed E-state index contributed by atoms with van der Waals surface area (Å²) in [4.78, 5) is 11.9. The van der Waals surface area contributed by atoms with Crippen LogP contribution in [-0.2, 0) is 28.8 Å². The molecule has 0 N–H and O–H groups in total. The molecular weight excluding hydrogens is 276 g/mol. The van der Waals surface area contributed by atoms with E-state index in [2.05, 4.69) is 26.5 Å². The molecule has 3 nitrogen and oxygen atoms in total. The Kier molecular flexibility index (Phi) is 5.64. The van der Waals surface area contributed by atoms with Crippen molar-refractivity contribution in [3.63, 3.8) is 0 Å². The number of esters is 1. The van der Waals surface area contributed by atoms with Gasteiger partial charge in [0.25, 0.3) is 0 Å². The lowest BCUT2D eigenvalue weighted by molar-refractivity contribution is -0.142. The zero-order chi connectivity index (χ0) is 16.1. The molecule has 0 aromatic heterocycles. The molecule has 1 unspecified atom stereocenters. The van der Waals surface area contributed by atoms with Crippen molar-refractivity contribution < 1.29 is 14.3 Å². The first-order chi connectivity index (χ1) is 10.6. The Morgan fingerprint density at radius 2 is 2.09 bits per heavy atom. The number of fused-ring (bicyclic) bond motifs is 1. The number of hydrogen-bond acceptors (Lipinski definition) is 3. The topological polar surface area (TPSA) is 35.5 Å². The van der Waals surface area contributed by atoms with Crippen LogP contribution in [-0.4, -0.2) is 18.7 Å². The van der Waals surface area contributed by atoms with Gasteiger partial charge in [0.1, 0.15) is 11.9 Å². The molecule has 120 valence electrons. The normalized spacial score (nSPS) is 14.3. The molecule has 0 saturated carbocycles. The van der Waals surface area contributed by atoms with Gasteiger partial charge in [-0.2, -0.15) is 0 Å². The van der Waals surface area contributed by atoms with E-state index in [9.17, 15) is 4.79 Å². The minimum atomic E-state index is -0.198. The fraction of sp³-hybridized carbons (Fsp3) is 0.526. The minimum absolute atomic E-state index is 0.0200. The van der Waals surface area contributed by atoms with Crippen molar-refractivity contribution in [1.29, 1.82) is 0 Å². The number of ether oxygens (including phenoxy) is 2. The van der Waals surface area contributed by atoms with Gasteiger partial charge in [-0.1, -0.05) is 25.6 Å². The van der Waals surface area contributed by atoms with Crippen molar-refractivity contribution in [2.24, 2.45) is 0 Å². The van der Waals surface area contributed by atoms with Crippen LogP contribution in [0.5, 0.6) is 5.75 Å². The molecule has 3 heteroatoms. The number of aryl methyl sites for hydroxylation is 1. The molecule has 0 spiro atoms. The predicted molar refractivity (Wildman–Crippen MR) is 88.4 cm³/mol. The second-order valence-corrected chi connectivity index (χ2v) is 5.77. The maximum Gasteiger partial charge on any atom is 0.310 e. The second kappa shape index (κ2) is 7.48. The average Bonchev–Trinajstić information content (AvgIpc) is 2.97. The molecule has 1 atom stereocenters. The maximum atomic E-state index is 11.9. The van der Waals surface area contributed by atoms with E-state index in [-0.39, 0.29) is 18.5 Å². The molecule has 0 aliphatic heterocycles. The number of benzene rings is 1. The Morgan fingerprint density at radius 3 is 2.73 bits per heavy atom. The van der Waals surface area contributed by atoms with E-state index in [1.54, 1.807) is 0 Å². The number of carbonyl (C=O) groups is 1. The monoisotopic (exact) mass is 302 g/mol. The fourth-order valence-electron chi connectivity index (χ4n) is 3.13. The lowest BCUT2D eigenvalue weighted by atomic mass is 9.97. The van der Waals surface area contributed by atoms with Crippen LogP contribution in [0, 0.1) is 6.92 Å². The number of rotatable bonds is 7. The molecule has 0 amide bonds. The summed E-state index contributed by atoms with van der Waals surface area (Å²) in [6, 6.07) is 2.09. The van der Waals surface area contributed by atoms with Gasteiger partial charge in [-0.25, -0.2) is 0 Å². The molecule has 0 saturated heterocycles. The SMILES string of the molecule is C=CC(CC)Oc1c(CC(=O)OCC)cc(C)c2c1CCC2. The van der Waals surface area contributed by atoms with Crippen LogP contribution in [0.1, 0.15) is 48.9 Å². The molecule has 2 rings (SSSR count). The van der Waals surface area contributed by atoms with E-state index in [1.807, 2.05) is 13.0 Å². The summed E-state index contributed by atoms with van der Waals surface area (Å²) in [6.07, 6.45) is 6.22. The van der Waals surface area contributed by atoms with Crippen LogP contribution in [0.2, 0.25) is 0 Å². The summed E-state index contributed by atoms with van der Waals surface area (Å²) in [7, 11) is 0. The van der Waals surface area contributed by atoms with E-state index in [1.165, 1.54) is 16.7 Å². The summed E-state index contributed by atoms with van der Waals surface area (Å²) in [5.41, 5.74) is 4.86. The van der Waals surface area contributed by atoms with Crippen LogP contribution >= 0.6 is 0 Å². The maximum absolute atomic E-state index is 11.9. The van der Waals surface area contributed by atoms with Crippen molar-refractivity contribution in [2.75, 3.05) is 6.61 Å². The lowest BCUT2D eigenvalue weighted by Gasteiger charge is -2.21. The highest BCUT2D eigenvalue weighted by Gasteiger charge is 2.24. The van der Waals surface area contributed by atoms with Gasteiger partial charge < -0.3 is 9.47 Å². The molecule has 22 heavy (non-hydrogen) atoms. The Bertz CT molecular complexity index is 560. The number of hydrogen-bond donors (Lipinski definition) is 0. The van der Waals surface area contributed by atoms with Crippen LogP contribution in [0.4, 0.5) is 0 Å². The van der Waals surface area contributed by atoms with Gasteiger partial charge in [-0.3, -0.25) is 4.79 Å². The van der Waals surface area contributed by atoms with E-state index in [4.69, 9.17) is 9.47 Å². The Hall–Kier alpha value is -1.77. The lowest BCUT2D eigenvalue weighted by Crippen LogP contribution is -2.16. The second-order valence-electron chi connectivity index (χ2n) is 5.77. The average molecular weight is 302 g/mol.